The van der Waals surface area contributed by atoms with E-state index in [-0.39, 0.29) is 23.8 Å². The van der Waals surface area contributed by atoms with Gasteiger partial charge in [0.2, 0.25) is 5.78 Å². The van der Waals surface area contributed by atoms with Crippen molar-refractivity contribution in [1.29, 1.82) is 0 Å². The van der Waals surface area contributed by atoms with Crippen LogP contribution in [0.25, 0.3) is 16.6 Å². The van der Waals surface area contributed by atoms with Crippen LogP contribution in [0.4, 0.5) is 4.39 Å². The summed E-state index contributed by atoms with van der Waals surface area (Å²) in [5.41, 5.74) is 3.94. The Morgan fingerprint density at radius 1 is 1.13 bits per heavy atom. The Labute approximate surface area is 172 Å². The van der Waals surface area contributed by atoms with Crippen molar-refractivity contribution in [3.63, 3.8) is 0 Å². The highest BCUT2D eigenvalue weighted by molar-refractivity contribution is 6.09. The number of hydrogen-bond donors (Lipinski definition) is 1. The van der Waals surface area contributed by atoms with Crippen molar-refractivity contribution in [2.24, 2.45) is 0 Å². The zero-order valence-corrected chi connectivity index (χ0v) is 16.6. The average Bonchev–Trinajstić information content (AvgIpc) is 3.36. The fourth-order valence-corrected chi connectivity index (χ4v) is 3.48. The first kappa shape index (κ1) is 19.6. The maximum absolute atomic E-state index is 13.1. The van der Waals surface area contributed by atoms with Gasteiger partial charge in [-0.1, -0.05) is 25.1 Å². The summed E-state index contributed by atoms with van der Waals surface area (Å²) in [5.74, 6) is -1.28. The quantitative estimate of drug-likeness (QED) is 0.381. The number of ether oxygens (including phenoxy) is 1. The summed E-state index contributed by atoms with van der Waals surface area (Å²) in [7, 11) is 0. The largest absolute Gasteiger partial charge is 0.454 e. The summed E-state index contributed by atoms with van der Waals surface area (Å²) in [5, 5.41) is 4.99. The number of fused-ring (bicyclic) bond motifs is 1. The van der Waals surface area contributed by atoms with Crippen LogP contribution in [0.15, 0.2) is 54.9 Å². The molecule has 0 spiro atoms. The highest BCUT2D eigenvalue weighted by Crippen LogP contribution is 2.23. The topological polar surface area (TPSA) is 77.0 Å². The van der Waals surface area contributed by atoms with E-state index in [1.807, 2.05) is 25.1 Å². The van der Waals surface area contributed by atoms with Gasteiger partial charge in [0.1, 0.15) is 11.4 Å². The molecule has 6 nitrogen and oxygen atoms in total. The Hall–Kier alpha value is -3.74. The minimum absolute atomic E-state index is 0.249. The minimum atomic E-state index is -0.636. The number of nitrogens with zero attached hydrogens (tertiary/aromatic N) is 2. The molecule has 2 heterocycles. The first-order valence-corrected chi connectivity index (χ1v) is 9.59. The van der Waals surface area contributed by atoms with Gasteiger partial charge in [0.05, 0.1) is 17.6 Å². The van der Waals surface area contributed by atoms with Crippen molar-refractivity contribution in [2.45, 2.75) is 20.3 Å². The van der Waals surface area contributed by atoms with Crippen molar-refractivity contribution >= 4 is 22.7 Å². The standard InChI is InChI=1S/C23H20FN3O3/c1-3-15-5-4-6-18-20(11-25-22(15)18)21(28)13-30-23(29)19-12-26-27(14(19)2)17-9-7-16(24)8-10-17/h4-12,25H,3,13H2,1-2H3. The lowest BCUT2D eigenvalue weighted by atomic mass is 10.1. The first-order chi connectivity index (χ1) is 14.5. The molecule has 0 aliphatic carbocycles. The number of aromatic nitrogens is 3. The number of rotatable bonds is 6. The van der Waals surface area contributed by atoms with Crippen molar-refractivity contribution in [3.05, 3.63) is 83.1 Å². The summed E-state index contributed by atoms with van der Waals surface area (Å²) >= 11 is 0. The maximum atomic E-state index is 13.1. The molecular formula is C23H20FN3O3. The number of H-pyrrole nitrogens is 1. The van der Waals surface area contributed by atoms with Gasteiger partial charge >= 0.3 is 5.97 Å². The van der Waals surface area contributed by atoms with E-state index in [2.05, 4.69) is 10.1 Å². The van der Waals surface area contributed by atoms with Crippen LogP contribution in [0.2, 0.25) is 0 Å². The van der Waals surface area contributed by atoms with Crippen LogP contribution < -0.4 is 0 Å². The first-order valence-electron chi connectivity index (χ1n) is 9.59. The van der Waals surface area contributed by atoms with Crippen LogP contribution >= 0.6 is 0 Å². The van der Waals surface area contributed by atoms with Crippen molar-refractivity contribution in [1.82, 2.24) is 14.8 Å². The van der Waals surface area contributed by atoms with Crippen LogP contribution in [0.5, 0.6) is 0 Å². The summed E-state index contributed by atoms with van der Waals surface area (Å²) < 4.78 is 19.9. The van der Waals surface area contributed by atoms with E-state index in [1.165, 1.54) is 23.0 Å². The number of para-hydroxylation sites is 1. The van der Waals surface area contributed by atoms with Crippen molar-refractivity contribution in [2.75, 3.05) is 6.61 Å². The zero-order valence-electron chi connectivity index (χ0n) is 16.6. The lowest BCUT2D eigenvalue weighted by Crippen LogP contribution is -2.14. The molecule has 0 fully saturated rings. The molecule has 0 saturated carbocycles. The zero-order chi connectivity index (χ0) is 21.3. The van der Waals surface area contributed by atoms with Crippen LogP contribution in [0.1, 0.15) is 38.9 Å². The monoisotopic (exact) mass is 405 g/mol. The smallest absolute Gasteiger partial charge is 0.342 e. The normalized spacial score (nSPS) is 11.0. The van der Waals surface area contributed by atoms with Gasteiger partial charge in [-0.3, -0.25) is 4.79 Å². The van der Waals surface area contributed by atoms with E-state index < -0.39 is 5.97 Å². The second-order valence-electron chi connectivity index (χ2n) is 6.93. The Kier molecular flexibility index (Phi) is 5.18. The van der Waals surface area contributed by atoms with E-state index in [4.69, 9.17) is 4.74 Å². The number of aryl methyl sites for hydroxylation is 1. The number of aromatic amines is 1. The van der Waals surface area contributed by atoms with E-state index >= 15 is 0 Å². The van der Waals surface area contributed by atoms with Gasteiger partial charge in [0.25, 0.3) is 0 Å². The number of carbonyl (C=O) groups is 2. The van der Waals surface area contributed by atoms with E-state index in [1.54, 1.807) is 25.3 Å². The molecule has 2 aromatic carbocycles. The Balaban J connectivity index is 1.49. The molecule has 0 aliphatic rings. The second kappa shape index (κ2) is 7.94. The van der Waals surface area contributed by atoms with Crippen LogP contribution in [-0.2, 0) is 11.2 Å². The Morgan fingerprint density at radius 2 is 1.90 bits per heavy atom. The third-order valence-corrected chi connectivity index (χ3v) is 5.12. The van der Waals surface area contributed by atoms with Crippen LogP contribution in [-0.4, -0.2) is 33.1 Å². The summed E-state index contributed by atoms with van der Waals surface area (Å²) in [6.07, 6.45) is 3.88. The van der Waals surface area contributed by atoms with Crippen molar-refractivity contribution in [3.8, 4) is 5.69 Å². The fourth-order valence-electron chi connectivity index (χ4n) is 3.48. The third kappa shape index (κ3) is 3.50. The number of halogens is 1. The molecule has 0 unspecified atom stereocenters. The Bertz CT molecular complexity index is 1240. The second-order valence-corrected chi connectivity index (χ2v) is 6.93. The highest BCUT2D eigenvalue weighted by Gasteiger charge is 2.20. The number of nitrogens with one attached hydrogen (secondary N) is 1. The summed E-state index contributed by atoms with van der Waals surface area (Å²) in [4.78, 5) is 28.3. The van der Waals surface area contributed by atoms with Crippen LogP contribution in [0.3, 0.4) is 0 Å². The molecule has 0 saturated heterocycles. The minimum Gasteiger partial charge on any atom is -0.454 e. The lowest BCUT2D eigenvalue weighted by molar-refractivity contribution is 0.0474. The predicted molar refractivity (Wildman–Crippen MR) is 111 cm³/mol. The Morgan fingerprint density at radius 3 is 2.63 bits per heavy atom. The summed E-state index contributed by atoms with van der Waals surface area (Å²) in [6.45, 7) is 3.39. The molecule has 152 valence electrons. The number of Topliss-reactive ketones (excluding diaryl/α,β-unsaturated/α-hetero) is 1. The van der Waals surface area contributed by atoms with Gasteiger partial charge < -0.3 is 9.72 Å². The fraction of sp³-hybridized carbons (Fsp3) is 0.174. The van der Waals surface area contributed by atoms with Gasteiger partial charge in [0.15, 0.2) is 6.61 Å². The molecule has 2 aromatic heterocycles. The van der Waals surface area contributed by atoms with Gasteiger partial charge in [-0.15, -0.1) is 0 Å². The molecule has 0 radical (unpaired) electrons. The predicted octanol–water partition coefficient (Wildman–Crippen LogP) is 4.40. The molecule has 4 rings (SSSR count). The lowest BCUT2D eigenvalue weighted by Gasteiger charge is -2.06. The molecule has 30 heavy (non-hydrogen) atoms. The molecule has 1 N–H and O–H groups in total. The van der Waals surface area contributed by atoms with Gasteiger partial charge in [-0.05, 0) is 43.2 Å². The van der Waals surface area contributed by atoms with Gasteiger partial charge in [-0.25, -0.2) is 13.9 Å². The number of benzene rings is 2. The maximum Gasteiger partial charge on any atom is 0.342 e. The van der Waals surface area contributed by atoms with E-state index in [0.717, 1.165) is 22.9 Å². The molecule has 0 amide bonds. The van der Waals surface area contributed by atoms with Gasteiger partial charge in [0, 0.05) is 22.7 Å². The number of carbonyl (C=O) groups excluding carboxylic acids is 2. The molecule has 4 aromatic rings. The SMILES string of the molecule is CCc1cccc2c(C(=O)COC(=O)c3cnn(-c4ccc(F)cc4)c3C)c[nH]c12. The molecule has 0 bridgehead atoms. The molecule has 7 heteroatoms. The van der Waals surface area contributed by atoms with E-state index in [0.29, 0.717) is 16.9 Å². The van der Waals surface area contributed by atoms with Gasteiger partial charge in [-0.2, -0.15) is 5.10 Å². The van der Waals surface area contributed by atoms with E-state index in [9.17, 15) is 14.0 Å². The summed E-state index contributed by atoms with van der Waals surface area (Å²) in [6, 6.07) is 11.6. The van der Waals surface area contributed by atoms with Crippen LogP contribution in [0, 0.1) is 12.7 Å². The number of ketones is 1. The number of hydrogen-bond acceptors (Lipinski definition) is 4. The number of esters is 1. The average molecular weight is 405 g/mol. The highest BCUT2D eigenvalue weighted by atomic mass is 19.1. The third-order valence-electron chi connectivity index (χ3n) is 5.12. The molecule has 0 aliphatic heterocycles. The molecular weight excluding hydrogens is 385 g/mol. The molecule has 0 atom stereocenters. The van der Waals surface area contributed by atoms with Crippen molar-refractivity contribution < 1.29 is 18.7 Å².